The maximum Gasteiger partial charge on any atom is 0.271 e. The molecular weight excluding hydrogens is 376 g/mol. The van der Waals surface area contributed by atoms with E-state index in [0.29, 0.717) is 5.75 Å². The van der Waals surface area contributed by atoms with Crippen molar-refractivity contribution >= 4 is 29.1 Å². The molecule has 1 aliphatic carbocycles. The van der Waals surface area contributed by atoms with Crippen LogP contribution < -0.4 is 15.4 Å². The second kappa shape index (κ2) is 7.86. The number of fused-ring (bicyclic) bond motifs is 1. The number of rotatable bonds is 5. The van der Waals surface area contributed by atoms with E-state index in [0.717, 1.165) is 18.5 Å². The van der Waals surface area contributed by atoms with Crippen LogP contribution in [0.4, 0.5) is 11.6 Å². The first-order valence-corrected chi connectivity index (χ1v) is 9.31. The molecule has 0 radical (unpaired) electrons. The molecule has 28 heavy (non-hydrogen) atoms. The molecule has 0 atom stereocenters. The van der Waals surface area contributed by atoms with Gasteiger partial charge in [0.05, 0.1) is 18.3 Å². The Morgan fingerprint density at radius 1 is 1.14 bits per heavy atom. The Morgan fingerprint density at radius 2 is 1.89 bits per heavy atom. The molecule has 1 aliphatic rings. The van der Waals surface area contributed by atoms with E-state index in [4.69, 9.17) is 16.3 Å². The van der Waals surface area contributed by atoms with Crippen LogP contribution in [0.5, 0.6) is 5.75 Å². The van der Waals surface area contributed by atoms with Crippen LogP contribution in [0, 0.1) is 0 Å². The van der Waals surface area contributed by atoms with Crippen LogP contribution in [-0.2, 0) is 12.8 Å². The first kappa shape index (κ1) is 18.3. The topological polar surface area (TPSA) is 76.1 Å². The van der Waals surface area contributed by atoms with Gasteiger partial charge in [0.25, 0.3) is 5.91 Å². The van der Waals surface area contributed by atoms with E-state index in [-0.39, 0.29) is 28.6 Å². The lowest BCUT2D eigenvalue weighted by Crippen LogP contribution is -2.36. The highest BCUT2D eigenvalue weighted by atomic mass is 35.5. The summed E-state index contributed by atoms with van der Waals surface area (Å²) in [4.78, 5) is 21.2. The molecule has 0 saturated carbocycles. The number of aromatic nitrogens is 2. The smallest absolute Gasteiger partial charge is 0.271 e. The molecule has 0 fully saturated rings. The molecule has 6 nitrogen and oxygen atoms in total. The largest absolute Gasteiger partial charge is 0.497 e. The molecule has 142 valence electrons. The SMILES string of the molecule is COc1cccc(Nc2ncc(Cl)c(C(=O)NC3Cc4ccccc4C3)n2)c1. The highest BCUT2D eigenvalue weighted by Gasteiger charge is 2.24. The van der Waals surface area contributed by atoms with Crippen LogP contribution in [0.15, 0.2) is 54.7 Å². The maximum atomic E-state index is 12.7. The number of ether oxygens (including phenoxy) is 1. The molecule has 0 aliphatic heterocycles. The van der Waals surface area contributed by atoms with Crippen LogP contribution in [0.25, 0.3) is 0 Å². The summed E-state index contributed by atoms with van der Waals surface area (Å²) in [5, 5.41) is 6.31. The van der Waals surface area contributed by atoms with Crippen LogP contribution in [-0.4, -0.2) is 29.0 Å². The van der Waals surface area contributed by atoms with E-state index in [9.17, 15) is 4.79 Å². The summed E-state index contributed by atoms with van der Waals surface area (Å²) in [6, 6.07) is 15.6. The van der Waals surface area contributed by atoms with Crippen molar-refractivity contribution in [2.45, 2.75) is 18.9 Å². The Balaban J connectivity index is 1.48. The van der Waals surface area contributed by atoms with Crippen molar-refractivity contribution in [3.05, 3.63) is 76.6 Å². The summed E-state index contributed by atoms with van der Waals surface area (Å²) in [5.74, 6) is 0.689. The molecule has 0 bridgehead atoms. The minimum absolute atomic E-state index is 0.0331. The molecule has 2 N–H and O–H groups in total. The fourth-order valence-electron chi connectivity index (χ4n) is 3.33. The van der Waals surface area contributed by atoms with Gasteiger partial charge in [0.1, 0.15) is 5.75 Å². The molecule has 1 aromatic heterocycles. The average molecular weight is 395 g/mol. The molecule has 1 heterocycles. The van der Waals surface area contributed by atoms with Gasteiger partial charge in [-0.05, 0) is 36.1 Å². The van der Waals surface area contributed by atoms with Gasteiger partial charge in [-0.15, -0.1) is 0 Å². The van der Waals surface area contributed by atoms with Crippen molar-refractivity contribution in [3.63, 3.8) is 0 Å². The van der Waals surface area contributed by atoms with Crippen molar-refractivity contribution in [2.24, 2.45) is 0 Å². The first-order chi connectivity index (χ1) is 13.6. The molecule has 0 saturated heterocycles. The molecule has 0 unspecified atom stereocenters. The molecule has 0 spiro atoms. The Labute approximate surface area is 167 Å². The quantitative estimate of drug-likeness (QED) is 0.688. The van der Waals surface area contributed by atoms with Gasteiger partial charge in [0, 0.05) is 17.8 Å². The Bertz CT molecular complexity index is 1000. The highest BCUT2D eigenvalue weighted by Crippen LogP contribution is 2.24. The van der Waals surface area contributed by atoms with Crippen LogP contribution in [0.2, 0.25) is 5.02 Å². The van der Waals surface area contributed by atoms with E-state index in [1.807, 2.05) is 36.4 Å². The zero-order valence-corrected chi connectivity index (χ0v) is 16.0. The summed E-state index contributed by atoms with van der Waals surface area (Å²) in [5.41, 5.74) is 3.43. The standard InChI is InChI=1S/C21H19ClN4O2/c1-28-17-8-4-7-15(11-17)25-21-23-12-18(22)19(26-21)20(27)24-16-9-13-5-2-3-6-14(13)10-16/h2-8,11-12,16H,9-10H2,1H3,(H,24,27)(H,23,25,26). The second-order valence-corrected chi connectivity index (χ2v) is 7.00. The Morgan fingerprint density at radius 3 is 2.61 bits per heavy atom. The zero-order chi connectivity index (χ0) is 19.5. The third kappa shape index (κ3) is 3.92. The summed E-state index contributed by atoms with van der Waals surface area (Å²) in [7, 11) is 1.60. The van der Waals surface area contributed by atoms with Crippen LogP contribution in [0.3, 0.4) is 0 Å². The van der Waals surface area contributed by atoms with Crippen molar-refractivity contribution in [3.8, 4) is 5.75 Å². The lowest BCUT2D eigenvalue weighted by Gasteiger charge is -2.13. The highest BCUT2D eigenvalue weighted by molar-refractivity contribution is 6.33. The predicted molar refractivity (Wildman–Crippen MR) is 108 cm³/mol. The molecule has 4 rings (SSSR count). The number of amides is 1. The molecule has 2 aromatic carbocycles. The molecule has 3 aromatic rings. The van der Waals surface area contributed by atoms with E-state index in [1.165, 1.54) is 17.3 Å². The van der Waals surface area contributed by atoms with Crippen molar-refractivity contribution in [2.75, 3.05) is 12.4 Å². The summed E-state index contributed by atoms with van der Waals surface area (Å²) in [6.45, 7) is 0. The number of hydrogen-bond acceptors (Lipinski definition) is 5. The Kier molecular flexibility index (Phi) is 5.12. The van der Waals surface area contributed by atoms with Gasteiger partial charge in [-0.3, -0.25) is 4.79 Å². The average Bonchev–Trinajstić information content (AvgIpc) is 3.11. The molecular formula is C21H19ClN4O2. The lowest BCUT2D eigenvalue weighted by atomic mass is 10.1. The van der Waals surface area contributed by atoms with E-state index in [2.05, 4.69) is 32.7 Å². The summed E-state index contributed by atoms with van der Waals surface area (Å²) >= 11 is 6.18. The van der Waals surface area contributed by atoms with Gasteiger partial charge in [0.15, 0.2) is 5.69 Å². The number of carbonyl (C=O) groups excluding carboxylic acids is 1. The van der Waals surface area contributed by atoms with E-state index < -0.39 is 0 Å². The zero-order valence-electron chi connectivity index (χ0n) is 15.3. The maximum absolute atomic E-state index is 12.7. The van der Waals surface area contributed by atoms with Crippen molar-refractivity contribution in [1.82, 2.24) is 15.3 Å². The van der Waals surface area contributed by atoms with Gasteiger partial charge in [0.2, 0.25) is 5.95 Å². The number of carbonyl (C=O) groups is 1. The van der Waals surface area contributed by atoms with Gasteiger partial charge in [-0.2, -0.15) is 0 Å². The van der Waals surface area contributed by atoms with Gasteiger partial charge < -0.3 is 15.4 Å². The molecule has 7 heteroatoms. The summed E-state index contributed by atoms with van der Waals surface area (Å²) < 4.78 is 5.21. The van der Waals surface area contributed by atoms with Gasteiger partial charge in [-0.1, -0.05) is 41.9 Å². The number of benzene rings is 2. The fraction of sp³-hybridized carbons (Fsp3) is 0.190. The fourth-order valence-corrected chi connectivity index (χ4v) is 3.51. The number of hydrogen-bond donors (Lipinski definition) is 2. The van der Waals surface area contributed by atoms with Crippen molar-refractivity contribution < 1.29 is 9.53 Å². The number of methoxy groups -OCH3 is 1. The third-order valence-corrected chi connectivity index (χ3v) is 4.95. The van der Waals surface area contributed by atoms with Crippen molar-refractivity contribution in [1.29, 1.82) is 0 Å². The van der Waals surface area contributed by atoms with E-state index in [1.54, 1.807) is 7.11 Å². The number of halogens is 1. The Hall–Kier alpha value is -3.12. The number of nitrogens with zero attached hydrogens (tertiary/aromatic N) is 2. The van der Waals surface area contributed by atoms with Gasteiger partial charge in [-0.25, -0.2) is 9.97 Å². The second-order valence-electron chi connectivity index (χ2n) is 6.59. The number of anilines is 2. The lowest BCUT2D eigenvalue weighted by molar-refractivity contribution is 0.0933. The number of nitrogens with one attached hydrogen (secondary N) is 2. The summed E-state index contributed by atoms with van der Waals surface area (Å²) in [6.07, 6.45) is 3.04. The minimum atomic E-state index is -0.307. The first-order valence-electron chi connectivity index (χ1n) is 8.93. The normalized spacial score (nSPS) is 13.1. The van der Waals surface area contributed by atoms with E-state index >= 15 is 0 Å². The van der Waals surface area contributed by atoms with Gasteiger partial charge >= 0.3 is 0 Å². The van der Waals surface area contributed by atoms with Crippen LogP contribution in [0.1, 0.15) is 21.6 Å². The molecule has 1 amide bonds. The monoisotopic (exact) mass is 394 g/mol. The predicted octanol–water partition coefficient (Wildman–Crippen LogP) is 3.78. The third-order valence-electron chi connectivity index (χ3n) is 4.67. The minimum Gasteiger partial charge on any atom is -0.497 e. The van der Waals surface area contributed by atoms with Crippen LogP contribution >= 0.6 is 11.6 Å².